The van der Waals surface area contributed by atoms with Crippen molar-refractivity contribution < 1.29 is 23.9 Å². The molecule has 21 heavy (non-hydrogen) atoms. The van der Waals surface area contributed by atoms with Gasteiger partial charge in [-0.15, -0.1) is 0 Å². The van der Waals surface area contributed by atoms with E-state index in [-0.39, 0.29) is 0 Å². The van der Waals surface area contributed by atoms with Crippen LogP contribution in [-0.4, -0.2) is 41.9 Å². The topological polar surface area (TPSA) is 92.8 Å². The van der Waals surface area contributed by atoms with E-state index in [0.717, 1.165) is 30.6 Å². The first-order chi connectivity index (χ1) is 9.94. The number of hydrogen-bond donors (Lipinski definition) is 1. The lowest BCUT2D eigenvalue weighted by Gasteiger charge is -2.40. The second kappa shape index (κ2) is 5.83. The van der Waals surface area contributed by atoms with E-state index < -0.39 is 35.3 Å². The van der Waals surface area contributed by atoms with Crippen LogP contribution < -0.4 is 5.32 Å². The van der Waals surface area contributed by atoms with Gasteiger partial charge in [-0.05, 0) is 19.8 Å². The molecule has 2 rings (SSSR count). The average Bonchev–Trinajstić information content (AvgIpc) is 2.71. The maximum Gasteiger partial charge on any atom is 0.331 e. The molecule has 0 aromatic carbocycles. The fourth-order valence-corrected chi connectivity index (χ4v) is 3.10. The molecule has 0 aromatic heterocycles. The number of rotatable bonds is 2. The van der Waals surface area contributed by atoms with Gasteiger partial charge in [0.1, 0.15) is 11.5 Å². The van der Waals surface area contributed by atoms with E-state index >= 15 is 0 Å². The van der Waals surface area contributed by atoms with Crippen LogP contribution in [0.4, 0.5) is 4.79 Å². The molecule has 1 N–H and O–H groups in total. The zero-order chi connectivity index (χ0) is 15.6. The second-order valence-electron chi connectivity index (χ2n) is 5.63. The van der Waals surface area contributed by atoms with Gasteiger partial charge >= 0.3 is 12.0 Å². The fraction of sp³-hybridized carbons (Fsp3) is 0.714. The molecule has 1 unspecified atom stereocenters. The summed E-state index contributed by atoms with van der Waals surface area (Å²) in [6.07, 6.45) is 4.26. The Kier molecular flexibility index (Phi) is 4.29. The van der Waals surface area contributed by atoms with Gasteiger partial charge in [0, 0.05) is 0 Å². The molecule has 1 saturated heterocycles. The van der Waals surface area contributed by atoms with Crippen molar-refractivity contribution in [3.8, 4) is 0 Å². The highest BCUT2D eigenvalue weighted by molar-refractivity contribution is 6.20. The second-order valence-corrected chi connectivity index (χ2v) is 5.63. The first-order valence-electron chi connectivity index (χ1n) is 7.21. The number of esters is 1. The molecule has 4 amide bonds. The lowest BCUT2D eigenvalue weighted by molar-refractivity contribution is -0.160. The van der Waals surface area contributed by atoms with Crippen LogP contribution in [0.15, 0.2) is 0 Å². The zero-order valence-electron chi connectivity index (χ0n) is 12.3. The van der Waals surface area contributed by atoms with Crippen LogP contribution in [0.25, 0.3) is 0 Å². The highest BCUT2D eigenvalue weighted by Gasteiger charge is 2.55. The molecule has 116 valence electrons. The first-order valence-corrected chi connectivity index (χ1v) is 7.21. The normalized spacial score (nSPS) is 23.5. The minimum absolute atomic E-state index is 0.412. The summed E-state index contributed by atoms with van der Waals surface area (Å²) in [6.45, 7) is 1.42. The zero-order valence-corrected chi connectivity index (χ0v) is 12.3. The van der Waals surface area contributed by atoms with Gasteiger partial charge in [0.15, 0.2) is 0 Å². The number of amides is 4. The van der Waals surface area contributed by atoms with Crippen molar-refractivity contribution in [2.24, 2.45) is 5.41 Å². The number of carbonyl (C=O) groups excluding carboxylic acids is 4. The van der Waals surface area contributed by atoms with Gasteiger partial charge < -0.3 is 4.74 Å². The summed E-state index contributed by atoms with van der Waals surface area (Å²) in [5.41, 5.74) is -1.22. The van der Waals surface area contributed by atoms with E-state index in [2.05, 4.69) is 10.1 Å². The molecule has 0 bridgehead atoms. The number of nitrogens with zero attached hydrogens (tertiary/aromatic N) is 1. The van der Waals surface area contributed by atoms with Gasteiger partial charge in [-0.3, -0.25) is 14.9 Å². The highest BCUT2D eigenvalue weighted by Crippen LogP contribution is 2.39. The lowest BCUT2D eigenvalue weighted by atomic mass is 9.76. The number of imide groups is 2. The summed E-state index contributed by atoms with van der Waals surface area (Å²) in [5, 5.41) is 2.23. The molecule has 2 fully saturated rings. The van der Waals surface area contributed by atoms with E-state index in [0.29, 0.717) is 12.8 Å². The maximum absolute atomic E-state index is 12.8. The minimum Gasteiger partial charge on any atom is -0.467 e. The Balaban J connectivity index is 2.35. The van der Waals surface area contributed by atoms with Crippen LogP contribution >= 0.6 is 0 Å². The van der Waals surface area contributed by atoms with Gasteiger partial charge in [0.25, 0.3) is 0 Å². The number of ether oxygens (including phenoxy) is 1. The van der Waals surface area contributed by atoms with Gasteiger partial charge in [0.05, 0.1) is 7.11 Å². The summed E-state index contributed by atoms with van der Waals surface area (Å²) in [7, 11) is 1.19. The number of barbiturate groups is 1. The number of urea groups is 1. The van der Waals surface area contributed by atoms with Crippen molar-refractivity contribution in [1.82, 2.24) is 10.2 Å². The Morgan fingerprint density at radius 2 is 1.76 bits per heavy atom. The van der Waals surface area contributed by atoms with Crippen LogP contribution in [0.3, 0.4) is 0 Å². The molecule has 7 nitrogen and oxygen atoms in total. The van der Waals surface area contributed by atoms with Crippen LogP contribution in [0.2, 0.25) is 0 Å². The standard InChI is InChI=1S/C14H20N2O5/c1-9(10(17)21-2)16-12(19)14(11(18)15-13(16)20)7-5-3-4-6-8-14/h9H,3-8H2,1-2H3,(H,15,18,20). The summed E-state index contributed by atoms with van der Waals surface area (Å²) in [5.74, 6) is -1.79. The summed E-state index contributed by atoms with van der Waals surface area (Å²) in [6, 6.07) is -1.89. The van der Waals surface area contributed by atoms with E-state index in [1.165, 1.54) is 14.0 Å². The Labute approximate surface area is 123 Å². The van der Waals surface area contributed by atoms with E-state index in [9.17, 15) is 19.2 Å². The molecule has 1 aliphatic heterocycles. The number of methoxy groups -OCH3 is 1. The summed E-state index contributed by atoms with van der Waals surface area (Å²) in [4.78, 5) is 49.5. The Morgan fingerprint density at radius 1 is 1.19 bits per heavy atom. The summed E-state index contributed by atoms with van der Waals surface area (Å²) < 4.78 is 4.59. The van der Waals surface area contributed by atoms with Crippen molar-refractivity contribution in [1.29, 1.82) is 0 Å². The molecule has 1 saturated carbocycles. The number of hydrogen-bond acceptors (Lipinski definition) is 5. The highest BCUT2D eigenvalue weighted by atomic mass is 16.5. The Hall–Kier alpha value is -1.92. The third kappa shape index (κ3) is 2.52. The third-order valence-corrected chi connectivity index (χ3v) is 4.39. The third-order valence-electron chi connectivity index (χ3n) is 4.39. The van der Waals surface area contributed by atoms with Gasteiger partial charge in [0.2, 0.25) is 11.8 Å². The summed E-state index contributed by atoms with van der Waals surface area (Å²) >= 11 is 0. The molecule has 0 radical (unpaired) electrons. The predicted octanol–water partition coefficient (Wildman–Crippen LogP) is 0.967. The molecule has 7 heteroatoms. The quantitative estimate of drug-likeness (QED) is 0.605. The molecule has 0 aromatic rings. The smallest absolute Gasteiger partial charge is 0.331 e. The molecule has 1 heterocycles. The van der Waals surface area contributed by atoms with Crippen molar-refractivity contribution in [2.75, 3.05) is 7.11 Å². The van der Waals surface area contributed by atoms with Gasteiger partial charge in [-0.2, -0.15) is 0 Å². The van der Waals surface area contributed by atoms with Crippen molar-refractivity contribution in [3.05, 3.63) is 0 Å². The predicted molar refractivity (Wildman–Crippen MR) is 72.0 cm³/mol. The maximum atomic E-state index is 12.8. The van der Waals surface area contributed by atoms with Crippen molar-refractivity contribution >= 4 is 23.8 Å². The SMILES string of the molecule is COC(=O)C(C)N1C(=O)NC(=O)C2(CCCCCC2)C1=O. The Bertz CT molecular complexity index is 480. The first kappa shape index (κ1) is 15.5. The molecular weight excluding hydrogens is 276 g/mol. The van der Waals surface area contributed by atoms with Crippen LogP contribution in [0, 0.1) is 5.41 Å². The van der Waals surface area contributed by atoms with Crippen molar-refractivity contribution in [3.63, 3.8) is 0 Å². The van der Waals surface area contributed by atoms with E-state index in [4.69, 9.17) is 0 Å². The molecular formula is C14H20N2O5. The van der Waals surface area contributed by atoms with Crippen molar-refractivity contribution in [2.45, 2.75) is 51.5 Å². The molecule has 1 atom stereocenters. The number of nitrogens with one attached hydrogen (secondary N) is 1. The van der Waals surface area contributed by atoms with Gasteiger partial charge in [-0.25, -0.2) is 14.5 Å². The van der Waals surface area contributed by atoms with E-state index in [1.54, 1.807) is 0 Å². The Morgan fingerprint density at radius 3 is 2.29 bits per heavy atom. The molecule has 1 aliphatic carbocycles. The monoisotopic (exact) mass is 296 g/mol. The average molecular weight is 296 g/mol. The van der Waals surface area contributed by atoms with Crippen LogP contribution in [0.5, 0.6) is 0 Å². The number of carbonyl (C=O) groups is 4. The van der Waals surface area contributed by atoms with E-state index in [1.807, 2.05) is 0 Å². The fourth-order valence-electron chi connectivity index (χ4n) is 3.10. The minimum atomic E-state index is -1.22. The lowest BCUT2D eigenvalue weighted by Crippen LogP contribution is -2.66. The van der Waals surface area contributed by atoms with Crippen LogP contribution in [-0.2, 0) is 19.1 Å². The molecule has 2 aliphatic rings. The largest absolute Gasteiger partial charge is 0.467 e. The van der Waals surface area contributed by atoms with Gasteiger partial charge in [-0.1, -0.05) is 25.7 Å². The van der Waals surface area contributed by atoms with Crippen LogP contribution in [0.1, 0.15) is 45.4 Å². The molecule has 1 spiro atoms.